The van der Waals surface area contributed by atoms with Crippen LogP contribution >= 0.6 is 11.8 Å². The van der Waals surface area contributed by atoms with Crippen LogP contribution in [0.25, 0.3) is 0 Å². The Morgan fingerprint density at radius 2 is 1.75 bits per heavy atom. The SMILES string of the molecule is C[C@H](Sc1ccc(S(=O)(=O)N2CCCC2)cn1)C(=O)Nc1ccc(N2CCOCC2)cc1. The smallest absolute Gasteiger partial charge is 0.244 e. The molecule has 8 nitrogen and oxygen atoms in total. The minimum Gasteiger partial charge on any atom is -0.378 e. The van der Waals surface area contributed by atoms with Gasteiger partial charge < -0.3 is 15.0 Å². The number of aromatic nitrogens is 1. The van der Waals surface area contributed by atoms with Crippen molar-refractivity contribution < 1.29 is 17.9 Å². The van der Waals surface area contributed by atoms with E-state index in [0.29, 0.717) is 18.1 Å². The molecule has 10 heteroatoms. The highest BCUT2D eigenvalue weighted by atomic mass is 32.2. The molecule has 1 aromatic heterocycles. The molecule has 1 atom stereocenters. The summed E-state index contributed by atoms with van der Waals surface area (Å²) in [6, 6.07) is 11.0. The van der Waals surface area contributed by atoms with E-state index in [1.165, 1.54) is 22.3 Å². The molecule has 2 aliphatic heterocycles. The maximum Gasteiger partial charge on any atom is 0.244 e. The fraction of sp³-hybridized carbons (Fsp3) is 0.455. The summed E-state index contributed by atoms with van der Waals surface area (Å²) in [5.74, 6) is -0.135. The van der Waals surface area contributed by atoms with Crippen molar-refractivity contribution in [2.75, 3.05) is 49.6 Å². The molecule has 0 radical (unpaired) electrons. The number of hydrogen-bond acceptors (Lipinski definition) is 7. The van der Waals surface area contributed by atoms with Crippen LogP contribution in [0.2, 0.25) is 0 Å². The number of thioether (sulfide) groups is 1. The van der Waals surface area contributed by atoms with E-state index in [1.807, 2.05) is 24.3 Å². The first-order valence-electron chi connectivity index (χ1n) is 10.8. The second kappa shape index (κ2) is 10.2. The van der Waals surface area contributed by atoms with Gasteiger partial charge in [-0.2, -0.15) is 4.31 Å². The molecule has 0 bridgehead atoms. The number of pyridine rings is 1. The van der Waals surface area contributed by atoms with E-state index in [-0.39, 0.29) is 16.1 Å². The lowest BCUT2D eigenvalue weighted by Crippen LogP contribution is -2.36. The van der Waals surface area contributed by atoms with Crippen molar-refractivity contribution in [3.05, 3.63) is 42.6 Å². The number of hydrogen-bond donors (Lipinski definition) is 1. The number of nitrogens with one attached hydrogen (secondary N) is 1. The predicted molar refractivity (Wildman–Crippen MR) is 126 cm³/mol. The quantitative estimate of drug-likeness (QED) is 0.615. The Kier molecular flexibility index (Phi) is 7.34. The number of ether oxygens (including phenoxy) is 1. The molecule has 1 amide bonds. The summed E-state index contributed by atoms with van der Waals surface area (Å²) in [6.45, 7) is 6.11. The zero-order valence-corrected chi connectivity index (χ0v) is 19.7. The first-order chi connectivity index (χ1) is 15.4. The fourth-order valence-corrected chi connectivity index (χ4v) is 5.97. The molecule has 2 aromatic rings. The van der Waals surface area contributed by atoms with Gasteiger partial charge in [0.05, 0.1) is 23.5 Å². The van der Waals surface area contributed by atoms with E-state index >= 15 is 0 Å². The molecule has 172 valence electrons. The third-order valence-electron chi connectivity index (χ3n) is 5.59. The molecule has 0 aliphatic carbocycles. The Morgan fingerprint density at radius 1 is 1.06 bits per heavy atom. The highest BCUT2D eigenvalue weighted by Crippen LogP contribution is 2.26. The lowest BCUT2D eigenvalue weighted by molar-refractivity contribution is -0.115. The Labute approximate surface area is 193 Å². The van der Waals surface area contributed by atoms with Crippen molar-refractivity contribution >= 4 is 39.1 Å². The van der Waals surface area contributed by atoms with Crippen molar-refractivity contribution in [2.45, 2.75) is 34.9 Å². The van der Waals surface area contributed by atoms with Gasteiger partial charge in [-0.3, -0.25) is 4.79 Å². The van der Waals surface area contributed by atoms with Crippen molar-refractivity contribution in [2.24, 2.45) is 0 Å². The molecule has 0 unspecified atom stereocenters. The second-order valence-corrected chi connectivity index (χ2v) is 11.1. The van der Waals surface area contributed by atoms with Gasteiger partial charge in [0, 0.05) is 43.8 Å². The molecule has 0 saturated carbocycles. The number of carbonyl (C=O) groups is 1. The minimum absolute atomic E-state index is 0.135. The van der Waals surface area contributed by atoms with Gasteiger partial charge in [0.25, 0.3) is 0 Å². The molecule has 2 saturated heterocycles. The third-order valence-corrected chi connectivity index (χ3v) is 8.52. The summed E-state index contributed by atoms with van der Waals surface area (Å²) in [4.78, 5) is 19.3. The van der Waals surface area contributed by atoms with Gasteiger partial charge in [0.2, 0.25) is 15.9 Å². The molecule has 2 fully saturated rings. The van der Waals surface area contributed by atoms with E-state index < -0.39 is 10.0 Å². The zero-order chi connectivity index (χ0) is 22.6. The Balaban J connectivity index is 1.32. The largest absolute Gasteiger partial charge is 0.378 e. The first-order valence-corrected chi connectivity index (χ1v) is 13.1. The van der Waals surface area contributed by atoms with Crippen LogP contribution in [-0.2, 0) is 19.6 Å². The number of carbonyl (C=O) groups excluding carboxylic acids is 1. The molecule has 0 spiro atoms. The summed E-state index contributed by atoms with van der Waals surface area (Å²) >= 11 is 1.29. The monoisotopic (exact) mass is 476 g/mol. The third kappa shape index (κ3) is 5.43. The average molecular weight is 477 g/mol. The molecule has 1 N–H and O–H groups in total. The molecule has 32 heavy (non-hydrogen) atoms. The van der Waals surface area contributed by atoms with Gasteiger partial charge in [-0.25, -0.2) is 13.4 Å². The molecule has 1 aromatic carbocycles. The number of nitrogens with zero attached hydrogens (tertiary/aromatic N) is 3. The average Bonchev–Trinajstić information content (AvgIpc) is 3.36. The van der Waals surface area contributed by atoms with Crippen molar-refractivity contribution in [3.8, 4) is 0 Å². The normalized spacial score (nSPS) is 18.5. The van der Waals surface area contributed by atoms with Crippen LogP contribution in [0.1, 0.15) is 19.8 Å². The minimum atomic E-state index is -3.48. The van der Waals surface area contributed by atoms with Gasteiger partial charge in [0.1, 0.15) is 4.90 Å². The van der Waals surface area contributed by atoms with Crippen molar-refractivity contribution in [1.29, 1.82) is 0 Å². The van der Waals surface area contributed by atoms with Gasteiger partial charge in [0.15, 0.2) is 0 Å². The van der Waals surface area contributed by atoms with Gasteiger partial charge >= 0.3 is 0 Å². The number of anilines is 2. The summed E-state index contributed by atoms with van der Waals surface area (Å²) < 4.78 is 32.1. The summed E-state index contributed by atoms with van der Waals surface area (Å²) in [7, 11) is -3.48. The van der Waals surface area contributed by atoms with E-state index in [0.717, 1.165) is 50.5 Å². The number of sulfonamides is 1. The maximum absolute atomic E-state index is 12.6. The van der Waals surface area contributed by atoms with Gasteiger partial charge in [-0.05, 0) is 56.2 Å². The van der Waals surface area contributed by atoms with Crippen LogP contribution in [0.15, 0.2) is 52.5 Å². The summed E-state index contributed by atoms with van der Waals surface area (Å²) in [5, 5.41) is 3.15. The Bertz CT molecular complexity index is 1020. The number of benzene rings is 1. The van der Waals surface area contributed by atoms with Crippen LogP contribution in [-0.4, -0.2) is 68.3 Å². The van der Waals surface area contributed by atoms with Crippen molar-refractivity contribution in [1.82, 2.24) is 9.29 Å². The van der Waals surface area contributed by atoms with E-state index in [9.17, 15) is 13.2 Å². The second-order valence-electron chi connectivity index (χ2n) is 7.84. The number of amides is 1. The maximum atomic E-state index is 12.6. The Hall–Kier alpha value is -2.14. The molecular formula is C22H28N4O4S2. The van der Waals surface area contributed by atoms with E-state index in [2.05, 4.69) is 15.2 Å². The van der Waals surface area contributed by atoms with Crippen LogP contribution in [0.5, 0.6) is 0 Å². The zero-order valence-electron chi connectivity index (χ0n) is 18.1. The summed E-state index contributed by atoms with van der Waals surface area (Å²) in [5.41, 5.74) is 1.85. The van der Waals surface area contributed by atoms with Crippen LogP contribution in [0.4, 0.5) is 11.4 Å². The Morgan fingerprint density at radius 3 is 2.38 bits per heavy atom. The first kappa shape index (κ1) is 23.0. The van der Waals surface area contributed by atoms with Crippen LogP contribution < -0.4 is 10.2 Å². The lowest BCUT2D eigenvalue weighted by Gasteiger charge is -2.28. The van der Waals surface area contributed by atoms with Gasteiger partial charge in [-0.15, -0.1) is 0 Å². The standard InChI is InChI=1S/C22H28N4O4S2/c1-17(22(27)24-18-4-6-19(7-5-18)25-12-14-30-15-13-25)31-21-9-8-20(16-23-21)32(28,29)26-10-2-3-11-26/h4-9,16-17H,2-3,10-15H2,1H3,(H,24,27)/t17-/m0/s1. The molecule has 2 aliphatic rings. The van der Waals surface area contributed by atoms with E-state index in [1.54, 1.807) is 19.1 Å². The fourth-order valence-electron chi connectivity index (χ4n) is 3.72. The van der Waals surface area contributed by atoms with Crippen LogP contribution in [0.3, 0.4) is 0 Å². The molecular weight excluding hydrogens is 448 g/mol. The highest BCUT2D eigenvalue weighted by Gasteiger charge is 2.27. The van der Waals surface area contributed by atoms with E-state index in [4.69, 9.17) is 4.74 Å². The number of rotatable bonds is 7. The molecule has 4 rings (SSSR count). The highest BCUT2D eigenvalue weighted by molar-refractivity contribution is 8.00. The topological polar surface area (TPSA) is 91.8 Å². The van der Waals surface area contributed by atoms with Crippen LogP contribution in [0, 0.1) is 0 Å². The summed E-state index contributed by atoms with van der Waals surface area (Å²) in [6.07, 6.45) is 3.16. The lowest BCUT2D eigenvalue weighted by atomic mass is 10.2. The predicted octanol–water partition coefficient (Wildman–Crippen LogP) is 2.82. The number of morpholine rings is 1. The van der Waals surface area contributed by atoms with Gasteiger partial charge in [-0.1, -0.05) is 11.8 Å². The van der Waals surface area contributed by atoms with Crippen molar-refractivity contribution in [3.63, 3.8) is 0 Å². The molecule has 3 heterocycles.